The lowest BCUT2D eigenvalue weighted by atomic mass is 9.84. The zero-order chi connectivity index (χ0) is 17.1. The summed E-state index contributed by atoms with van der Waals surface area (Å²) >= 11 is 12.2. The summed E-state index contributed by atoms with van der Waals surface area (Å²) < 4.78 is 5.35. The van der Waals surface area contributed by atoms with Crippen LogP contribution in [0.3, 0.4) is 0 Å². The first-order chi connectivity index (χ1) is 10.8. The zero-order valence-corrected chi connectivity index (χ0v) is 14.8. The Balaban J connectivity index is 2.40. The van der Waals surface area contributed by atoms with Crippen molar-refractivity contribution in [1.29, 1.82) is 0 Å². The molecule has 1 aliphatic heterocycles. The number of ether oxygens (including phenoxy) is 1. The minimum Gasteiger partial charge on any atom is -0.462 e. The molecule has 0 aliphatic carbocycles. The maximum absolute atomic E-state index is 12.5. The summed E-state index contributed by atoms with van der Waals surface area (Å²) in [6.45, 7) is 5.94. The second-order valence-electron chi connectivity index (χ2n) is 6.00. The highest BCUT2D eigenvalue weighted by atomic mass is 35.5. The number of allylic oxidation sites excluding steroid dienone is 1. The molecule has 0 fully saturated rings. The summed E-state index contributed by atoms with van der Waals surface area (Å²) in [6.07, 6.45) is 0.144. The number of hydrogen-bond acceptors (Lipinski definition) is 3. The van der Waals surface area contributed by atoms with E-state index in [1.807, 2.05) is 13.8 Å². The van der Waals surface area contributed by atoms with Gasteiger partial charge >= 0.3 is 5.97 Å². The highest BCUT2D eigenvalue weighted by Gasteiger charge is 2.33. The van der Waals surface area contributed by atoms with Gasteiger partial charge in [0, 0.05) is 28.1 Å². The van der Waals surface area contributed by atoms with E-state index in [0.29, 0.717) is 33.5 Å². The van der Waals surface area contributed by atoms with Gasteiger partial charge in [-0.2, -0.15) is 0 Å². The van der Waals surface area contributed by atoms with E-state index >= 15 is 0 Å². The number of esters is 1. The fraction of sp³-hybridized carbons (Fsp3) is 0.412. The number of carbonyl (C=O) groups is 2. The molecule has 1 amide bonds. The maximum atomic E-state index is 12.5. The van der Waals surface area contributed by atoms with E-state index in [0.717, 1.165) is 0 Å². The topological polar surface area (TPSA) is 55.4 Å². The van der Waals surface area contributed by atoms with E-state index in [-0.39, 0.29) is 18.2 Å². The average Bonchev–Trinajstić information content (AvgIpc) is 2.44. The smallest absolute Gasteiger partial charge is 0.336 e. The Morgan fingerprint density at radius 1 is 1.39 bits per heavy atom. The molecule has 1 N–H and O–H groups in total. The molecule has 6 heteroatoms. The van der Waals surface area contributed by atoms with Gasteiger partial charge in [0.25, 0.3) is 0 Å². The van der Waals surface area contributed by atoms with Crippen molar-refractivity contribution in [2.45, 2.75) is 33.1 Å². The lowest BCUT2D eigenvalue weighted by Gasteiger charge is -2.27. The Morgan fingerprint density at radius 2 is 2.09 bits per heavy atom. The molecule has 1 aliphatic rings. The van der Waals surface area contributed by atoms with Crippen molar-refractivity contribution in [3.63, 3.8) is 0 Å². The molecule has 1 aromatic carbocycles. The number of rotatable bonds is 4. The maximum Gasteiger partial charge on any atom is 0.336 e. The Labute approximate surface area is 145 Å². The highest BCUT2D eigenvalue weighted by molar-refractivity contribution is 6.35. The minimum absolute atomic E-state index is 0.144. The quantitative estimate of drug-likeness (QED) is 0.828. The fourth-order valence-corrected chi connectivity index (χ4v) is 3.08. The first-order valence-corrected chi connectivity index (χ1v) is 8.18. The Hall–Kier alpha value is -1.52. The summed E-state index contributed by atoms with van der Waals surface area (Å²) in [7, 11) is 0. The summed E-state index contributed by atoms with van der Waals surface area (Å²) in [5.74, 6) is -0.782. The third-order valence-electron chi connectivity index (χ3n) is 3.57. The predicted octanol–water partition coefficient (Wildman–Crippen LogP) is 4.07. The van der Waals surface area contributed by atoms with Crippen LogP contribution in [0, 0.1) is 5.92 Å². The SMILES string of the molecule is CC1=C(C(=O)OCC(C)C)[C@H](c2ccc(Cl)cc2Cl)CC(=O)N1. The van der Waals surface area contributed by atoms with Gasteiger partial charge in [0.1, 0.15) is 0 Å². The lowest BCUT2D eigenvalue weighted by Crippen LogP contribution is -2.34. The van der Waals surface area contributed by atoms with Crippen molar-refractivity contribution in [1.82, 2.24) is 5.32 Å². The van der Waals surface area contributed by atoms with E-state index in [1.54, 1.807) is 25.1 Å². The number of benzene rings is 1. The van der Waals surface area contributed by atoms with E-state index in [4.69, 9.17) is 27.9 Å². The Kier molecular flexibility index (Phi) is 5.71. The van der Waals surface area contributed by atoms with Crippen LogP contribution in [-0.4, -0.2) is 18.5 Å². The van der Waals surface area contributed by atoms with Crippen LogP contribution in [-0.2, 0) is 14.3 Å². The second-order valence-corrected chi connectivity index (χ2v) is 6.85. The minimum atomic E-state index is -0.437. The van der Waals surface area contributed by atoms with Crippen LogP contribution >= 0.6 is 23.2 Å². The molecule has 0 saturated heterocycles. The molecule has 124 valence electrons. The van der Waals surface area contributed by atoms with Gasteiger partial charge in [0.15, 0.2) is 0 Å². The molecule has 1 atom stereocenters. The molecule has 2 rings (SSSR count). The van der Waals surface area contributed by atoms with Crippen molar-refractivity contribution in [3.05, 3.63) is 45.1 Å². The number of hydrogen-bond donors (Lipinski definition) is 1. The molecule has 0 unspecified atom stereocenters. The van der Waals surface area contributed by atoms with E-state index in [2.05, 4.69) is 5.32 Å². The van der Waals surface area contributed by atoms with Crippen LogP contribution < -0.4 is 5.32 Å². The number of nitrogens with one attached hydrogen (secondary N) is 1. The molecular weight excluding hydrogens is 337 g/mol. The van der Waals surface area contributed by atoms with E-state index in [1.165, 1.54) is 0 Å². The number of amides is 1. The predicted molar refractivity (Wildman–Crippen MR) is 90.5 cm³/mol. The second kappa shape index (κ2) is 7.37. The normalized spacial score (nSPS) is 18.2. The lowest BCUT2D eigenvalue weighted by molar-refractivity contribution is -0.140. The van der Waals surface area contributed by atoms with Gasteiger partial charge in [-0.25, -0.2) is 4.79 Å². The molecule has 1 aromatic rings. The van der Waals surface area contributed by atoms with Crippen LogP contribution in [0.2, 0.25) is 10.0 Å². The van der Waals surface area contributed by atoms with Gasteiger partial charge in [-0.3, -0.25) is 4.79 Å². The van der Waals surface area contributed by atoms with Crippen molar-refractivity contribution in [2.24, 2.45) is 5.92 Å². The molecular formula is C17H19Cl2NO3. The first-order valence-electron chi connectivity index (χ1n) is 7.42. The van der Waals surface area contributed by atoms with Crippen molar-refractivity contribution in [2.75, 3.05) is 6.61 Å². The summed E-state index contributed by atoms with van der Waals surface area (Å²) in [4.78, 5) is 24.4. The molecule has 0 spiro atoms. The Morgan fingerprint density at radius 3 is 2.70 bits per heavy atom. The molecule has 4 nitrogen and oxygen atoms in total. The highest BCUT2D eigenvalue weighted by Crippen LogP contribution is 2.38. The zero-order valence-electron chi connectivity index (χ0n) is 13.3. The monoisotopic (exact) mass is 355 g/mol. The summed E-state index contributed by atoms with van der Waals surface area (Å²) in [5.41, 5.74) is 1.64. The standard InChI is InChI=1S/C17H19Cl2NO3/c1-9(2)8-23-17(22)16-10(3)20-15(21)7-13(16)12-5-4-11(18)6-14(12)19/h4-6,9,13H,7-8H2,1-3H3,(H,20,21)/t13-/m0/s1. The van der Waals surface area contributed by atoms with E-state index in [9.17, 15) is 9.59 Å². The van der Waals surface area contributed by atoms with Gasteiger partial charge < -0.3 is 10.1 Å². The van der Waals surface area contributed by atoms with Gasteiger partial charge in [0.05, 0.1) is 12.2 Å². The molecule has 0 radical (unpaired) electrons. The fourth-order valence-electron chi connectivity index (χ4n) is 2.54. The average molecular weight is 356 g/mol. The van der Waals surface area contributed by atoms with E-state index < -0.39 is 11.9 Å². The van der Waals surface area contributed by atoms with Crippen molar-refractivity contribution in [3.8, 4) is 0 Å². The van der Waals surface area contributed by atoms with Crippen LogP contribution in [0.4, 0.5) is 0 Å². The van der Waals surface area contributed by atoms with Crippen LogP contribution in [0.25, 0.3) is 0 Å². The summed E-state index contributed by atoms with van der Waals surface area (Å²) in [5, 5.41) is 3.63. The summed E-state index contributed by atoms with van der Waals surface area (Å²) in [6, 6.07) is 5.05. The number of carbonyl (C=O) groups excluding carboxylic acids is 2. The first kappa shape index (κ1) is 17.8. The van der Waals surface area contributed by atoms with Crippen LogP contribution in [0.5, 0.6) is 0 Å². The largest absolute Gasteiger partial charge is 0.462 e. The van der Waals surface area contributed by atoms with Crippen molar-refractivity contribution >= 4 is 35.1 Å². The van der Waals surface area contributed by atoms with Gasteiger partial charge in [-0.1, -0.05) is 43.1 Å². The third-order valence-corrected chi connectivity index (χ3v) is 4.14. The Bertz CT molecular complexity index is 668. The molecule has 0 bridgehead atoms. The molecule has 0 aromatic heterocycles. The van der Waals surface area contributed by atoms with Crippen LogP contribution in [0.15, 0.2) is 29.5 Å². The molecule has 1 heterocycles. The molecule has 23 heavy (non-hydrogen) atoms. The van der Waals surface area contributed by atoms with Gasteiger partial charge in [-0.15, -0.1) is 0 Å². The van der Waals surface area contributed by atoms with Gasteiger partial charge in [0.2, 0.25) is 5.91 Å². The van der Waals surface area contributed by atoms with Crippen molar-refractivity contribution < 1.29 is 14.3 Å². The number of halogens is 2. The third kappa shape index (κ3) is 4.27. The molecule has 0 saturated carbocycles. The van der Waals surface area contributed by atoms with Crippen LogP contribution in [0.1, 0.15) is 38.7 Å². The van der Waals surface area contributed by atoms with Gasteiger partial charge in [-0.05, 0) is 30.5 Å².